The highest BCUT2D eigenvalue weighted by Crippen LogP contribution is 2.35. The molecule has 0 aliphatic carbocycles. The van der Waals surface area contributed by atoms with Gasteiger partial charge in [-0.1, -0.05) is 6.58 Å². The monoisotopic (exact) mass is 380 g/mol. The molecule has 4 N–H and O–H groups in total. The van der Waals surface area contributed by atoms with Crippen molar-refractivity contribution in [1.29, 1.82) is 0 Å². The molecule has 0 bridgehead atoms. The third-order valence-corrected chi connectivity index (χ3v) is 4.83. The molecule has 7 heteroatoms. The number of likely N-dealkylation sites (N-methyl/N-ethyl adjacent to an activating group) is 1. The van der Waals surface area contributed by atoms with E-state index in [4.69, 9.17) is 10.5 Å². The van der Waals surface area contributed by atoms with Crippen molar-refractivity contribution >= 4 is 23.0 Å². The van der Waals surface area contributed by atoms with E-state index >= 15 is 0 Å². The maximum absolute atomic E-state index is 6.30. The lowest BCUT2D eigenvalue weighted by atomic mass is 9.92. The van der Waals surface area contributed by atoms with Gasteiger partial charge in [0, 0.05) is 48.8 Å². The van der Waals surface area contributed by atoms with E-state index in [9.17, 15) is 0 Å². The second kappa shape index (κ2) is 8.31. The molecule has 1 aromatic heterocycles. The van der Waals surface area contributed by atoms with E-state index in [-0.39, 0.29) is 0 Å². The zero-order valence-corrected chi connectivity index (χ0v) is 17.0. The quantitative estimate of drug-likeness (QED) is 0.709. The molecule has 0 fully saturated rings. The second-order valence-electron chi connectivity index (χ2n) is 6.98. The molecule has 2 aromatic rings. The topological polar surface area (TPSA) is 88.3 Å². The average molecular weight is 380 g/mol. The van der Waals surface area contributed by atoms with Crippen LogP contribution in [0.5, 0.6) is 5.75 Å². The summed E-state index contributed by atoms with van der Waals surface area (Å²) in [6.45, 7) is 7.96. The molecule has 0 spiro atoms. The summed E-state index contributed by atoms with van der Waals surface area (Å²) in [4.78, 5) is 11.1. The van der Waals surface area contributed by atoms with Crippen LogP contribution >= 0.6 is 0 Å². The predicted molar refractivity (Wildman–Crippen MR) is 115 cm³/mol. The number of anilines is 3. The minimum absolute atomic E-state index is 0.532. The minimum Gasteiger partial charge on any atom is -0.496 e. The van der Waals surface area contributed by atoms with Gasteiger partial charge in [-0.25, -0.2) is 4.98 Å². The highest BCUT2D eigenvalue weighted by atomic mass is 16.5. The number of rotatable bonds is 6. The number of methoxy groups -OCH3 is 1. The molecule has 7 nitrogen and oxygen atoms in total. The molecule has 0 saturated carbocycles. The van der Waals surface area contributed by atoms with Gasteiger partial charge in [-0.3, -0.25) is 0 Å². The summed E-state index contributed by atoms with van der Waals surface area (Å²) in [5, 5.41) is 6.32. The smallest absolute Gasteiger partial charge is 0.229 e. The lowest BCUT2D eigenvalue weighted by Crippen LogP contribution is -2.31. The summed E-state index contributed by atoms with van der Waals surface area (Å²) in [7, 11) is 5.56. The molecule has 1 aromatic carbocycles. The number of hydrogen-bond donors (Lipinski definition) is 3. The molecule has 0 amide bonds. The molecule has 0 atom stereocenters. The maximum Gasteiger partial charge on any atom is 0.229 e. The Balaban J connectivity index is 1.93. The van der Waals surface area contributed by atoms with E-state index in [1.54, 1.807) is 7.11 Å². The van der Waals surface area contributed by atoms with E-state index in [1.165, 1.54) is 0 Å². The molecule has 28 heavy (non-hydrogen) atoms. The summed E-state index contributed by atoms with van der Waals surface area (Å²) in [6, 6.07) is 7.75. The van der Waals surface area contributed by atoms with E-state index in [0.717, 1.165) is 64.9 Å². The second-order valence-corrected chi connectivity index (χ2v) is 6.98. The molecule has 1 aliphatic heterocycles. The molecular formula is C21H28N6O. The van der Waals surface area contributed by atoms with Crippen LogP contribution < -0.4 is 21.1 Å². The van der Waals surface area contributed by atoms with Crippen LogP contribution in [0.1, 0.15) is 17.7 Å². The predicted octanol–water partition coefficient (Wildman–Crippen LogP) is 3.14. The lowest BCUT2D eigenvalue weighted by molar-refractivity contribution is 0.349. The number of hydrogen-bond acceptors (Lipinski definition) is 7. The van der Waals surface area contributed by atoms with Crippen LogP contribution in [0.4, 0.5) is 17.5 Å². The number of ether oxygens (including phenoxy) is 1. The number of nitrogens with one attached hydrogen (secondary N) is 2. The van der Waals surface area contributed by atoms with Crippen molar-refractivity contribution in [2.75, 3.05) is 44.9 Å². The first-order valence-corrected chi connectivity index (χ1v) is 9.25. The molecule has 0 saturated heterocycles. The fourth-order valence-electron chi connectivity index (χ4n) is 3.34. The van der Waals surface area contributed by atoms with Crippen molar-refractivity contribution in [1.82, 2.24) is 14.9 Å². The van der Waals surface area contributed by atoms with Gasteiger partial charge in [0.15, 0.2) is 0 Å². The van der Waals surface area contributed by atoms with Crippen LogP contribution in [0, 0.1) is 6.92 Å². The molecule has 1 aliphatic rings. The van der Waals surface area contributed by atoms with Gasteiger partial charge in [0.25, 0.3) is 0 Å². The van der Waals surface area contributed by atoms with Crippen molar-refractivity contribution in [2.45, 2.75) is 13.3 Å². The van der Waals surface area contributed by atoms with Crippen molar-refractivity contribution in [2.24, 2.45) is 5.73 Å². The molecule has 0 radical (unpaired) electrons. The van der Waals surface area contributed by atoms with Crippen LogP contribution in [0.25, 0.3) is 5.57 Å². The van der Waals surface area contributed by atoms with Crippen molar-refractivity contribution in [3.63, 3.8) is 0 Å². The third-order valence-electron chi connectivity index (χ3n) is 4.83. The number of aryl methyl sites for hydroxylation is 1. The molecule has 0 unspecified atom stereocenters. The Morgan fingerprint density at radius 3 is 2.75 bits per heavy atom. The Morgan fingerprint density at radius 2 is 2.07 bits per heavy atom. The van der Waals surface area contributed by atoms with E-state index < -0.39 is 0 Å². The van der Waals surface area contributed by atoms with Crippen LogP contribution in [-0.2, 0) is 0 Å². The number of nitrogens with zero attached hydrogens (tertiary/aromatic N) is 3. The largest absolute Gasteiger partial charge is 0.496 e. The van der Waals surface area contributed by atoms with Gasteiger partial charge in [0.2, 0.25) is 5.95 Å². The zero-order valence-electron chi connectivity index (χ0n) is 17.0. The van der Waals surface area contributed by atoms with Crippen molar-refractivity contribution in [3.05, 3.63) is 53.4 Å². The van der Waals surface area contributed by atoms with Crippen molar-refractivity contribution in [3.8, 4) is 5.75 Å². The van der Waals surface area contributed by atoms with Gasteiger partial charge < -0.3 is 26.0 Å². The molecule has 3 rings (SSSR count). The maximum atomic E-state index is 6.30. The van der Waals surface area contributed by atoms with Gasteiger partial charge in [-0.05, 0) is 49.7 Å². The van der Waals surface area contributed by atoms with Crippen LogP contribution in [-0.4, -0.2) is 49.2 Å². The van der Waals surface area contributed by atoms with Gasteiger partial charge in [-0.2, -0.15) is 4.98 Å². The average Bonchev–Trinajstić information content (AvgIpc) is 2.67. The van der Waals surface area contributed by atoms with Gasteiger partial charge >= 0.3 is 0 Å². The summed E-state index contributed by atoms with van der Waals surface area (Å²) >= 11 is 0. The fraction of sp³-hybridized carbons (Fsp3) is 0.333. The lowest BCUT2D eigenvalue weighted by Gasteiger charge is -2.27. The fourth-order valence-corrected chi connectivity index (χ4v) is 3.34. The number of benzene rings is 1. The molecule has 2 heterocycles. The highest BCUT2D eigenvalue weighted by molar-refractivity contribution is 5.83. The summed E-state index contributed by atoms with van der Waals surface area (Å²) in [5.41, 5.74) is 11.8. The van der Waals surface area contributed by atoms with E-state index in [2.05, 4.69) is 39.1 Å². The van der Waals surface area contributed by atoms with E-state index in [1.807, 2.05) is 38.2 Å². The first-order valence-electron chi connectivity index (χ1n) is 9.25. The Hall–Kier alpha value is -3.06. The van der Waals surface area contributed by atoms with Crippen LogP contribution in [0.15, 0.2) is 42.1 Å². The molecule has 148 valence electrons. The zero-order chi connectivity index (χ0) is 20.3. The van der Waals surface area contributed by atoms with E-state index in [0.29, 0.717) is 5.95 Å². The Labute approximate surface area is 166 Å². The first kappa shape index (κ1) is 19.7. The Morgan fingerprint density at radius 1 is 1.29 bits per heavy atom. The highest BCUT2D eigenvalue weighted by Gasteiger charge is 2.19. The standard InChI is InChI=1S/C21H28N6O/c1-13-10-20(23-3)26-21(24-13)25-15-6-7-19(28-5)17(11-15)14(2)16-8-9-27(4)12-18(16)22/h6-7,10-11H,2,8-9,12,22H2,1,3-5H3,(H2,23,24,25,26). The molecular weight excluding hydrogens is 352 g/mol. The number of nitrogens with two attached hydrogens (primary N) is 1. The van der Waals surface area contributed by atoms with Gasteiger partial charge in [-0.15, -0.1) is 0 Å². The third kappa shape index (κ3) is 4.26. The van der Waals surface area contributed by atoms with Crippen molar-refractivity contribution < 1.29 is 4.74 Å². The normalized spacial score (nSPS) is 14.7. The van der Waals surface area contributed by atoms with Gasteiger partial charge in [0.1, 0.15) is 11.6 Å². The minimum atomic E-state index is 0.532. The summed E-state index contributed by atoms with van der Waals surface area (Å²) in [6.07, 6.45) is 0.870. The summed E-state index contributed by atoms with van der Waals surface area (Å²) < 4.78 is 5.57. The van der Waals surface area contributed by atoms with Crippen LogP contribution in [0.2, 0.25) is 0 Å². The summed E-state index contributed by atoms with van der Waals surface area (Å²) in [5.74, 6) is 2.05. The van der Waals surface area contributed by atoms with Crippen LogP contribution in [0.3, 0.4) is 0 Å². The number of allylic oxidation sites excluding steroid dienone is 1. The Kier molecular flexibility index (Phi) is 5.84. The first-order chi connectivity index (χ1) is 13.4. The number of aromatic nitrogens is 2. The van der Waals surface area contributed by atoms with Gasteiger partial charge in [0.05, 0.1) is 7.11 Å². The Bertz CT molecular complexity index is 921. The SMILES string of the molecule is C=C(C1=C(N)CN(C)CC1)c1cc(Nc2nc(C)cc(NC)n2)ccc1OC.